The number of hydrogen-bond donors (Lipinski definition) is 1. The van der Waals surface area contributed by atoms with Crippen LogP contribution in [0.5, 0.6) is 0 Å². The van der Waals surface area contributed by atoms with Gasteiger partial charge in [0.1, 0.15) is 0 Å². The van der Waals surface area contributed by atoms with E-state index in [2.05, 4.69) is 41.5 Å². The zero-order valence-electron chi connectivity index (χ0n) is 7.71. The van der Waals surface area contributed by atoms with Crippen LogP contribution in [0.1, 0.15) is 12.5 Å². The van der Waals surface area contributed by atoms with E-state index in [1.165, 1.54) is 5.56 Å². The number of hydrogen-bond acceptors (Lipinski definition) is 1. The summed E-state index contributed by atoms with van der Waals surface area (Å²) in [5.41, 5.74) is 1.35. The second-order valence-electron chi connectivity index (χ2n) is 2.54. The molecule has 0 bridgehead atoms. The molecule has 0 atom stereocenters. The molecule has 0 amide bonds. The number of halogens is 1. The van der Waals surface area contributed by atoms with E-state index in [-0.39, 0.29) is 12.4 Å². The van der Waals surface area contributed by atoms with E-state index in [1.54, 1.807) is 0 Å². The molecule has 2 heteroatoms. The van der Waals surface area contributed by atoms with E-state index < -0.39 is 0 Å². The van der Waals surface area contributed by atoms with Crippen molar-refractivity contribution in [1.82, 2.24) is 5.32 Å². The Bertz CT molecular complexity index is 271. The molecule has 1 aromatic rings. The van der Waals surface area contributed by atoms with Gasteiger partial charge in [-0.1, -0.05) is 36.3 Å². The average Bonchev–Trinajstić information content (AvgIpc) is 2.14. The van der Waals surface area contributed by atoms with Crippen LogP contribution in [0.4, 0.5) is 0 Å². The van der Waals surface area contributed by atoms with Crippen LogP contribution in [0.15, 0.2) is 30.3 Å². The first kappa shape index (κ1) is 11.9. The fourth-order valence-corrected chi connectivity index (χ4v) is 1.00. The van der Waals surface area contributed by atoms with Crippen LogP contribution in [-0.2, 0) is 6.42 Å². The molecule has 0 aromatic heterocycles. The predicted octanol–water partition coefficient (Wildman–Crippen LogP) is 2.22. The monoisotopic (exact) mass is 195 g/mol. The SMILES string of the molecule is CC#CNCCc1ccccc1.Cl. The second kappa shape index (κ2) is 7.52. The molecule has 0 heterocycles. The summed E-state index contributed by atoms with van der Waals surface area (Å²) in [5.74, 6) is 2.79. The van der Waals surface area contributed by atoms with Gasteiger partial charge in [-0.15, -0.1) is 12.4 Å². The van der Waals surface area contributed by atoms with Gasteiger partial charge in [0, 0.05) is 12.6 Å². The van der Waals surface area contributed by atoms with Crippen LogP contribution in [0.2, 0.25) is 0 Å². The lowest BCUT2D eigenvalue weighted by Gasteiger charge is -1.98. The highest BCUT2D eigenvalue weighted by molar-refractivity contribution is 5.85. The number of rotatable bonds is 3. The smallest absolute Gasteiger partial charge is 0.0270 e. The lowest BCUT2D eigenvalue weighted by molar-refractivity contribution is 0.854. The maximum Gasteiger partial charge on any atom is 0.0270 e. The average molecular weight is 196 g/mol. The molecule has 70 valence electrons. The summed E-state index contributed by atoms with van der Waals surface area (Å²) in [7, 11) is 0. The molecule has 0 saturated heterocycles. The van der Waals surface area contributed by atoms with Gasteiger partial charge in [0.05, 0.1) is 0 Å². The van der Waals surface area contributed by atoms with Crippen molar-refractivity contribution in [2.24, 2.45) is 0 Å². The Morgan fingerprint density at radius 2 is 1.92 bits per heavy atom. The van der Waals surface area contributed by atoms with Crippen LogP contribution in [0, 0.1) is 12.0 Å². The Morgan fingerprint density at radius 1 is 1.23 bits per heavy atom. The Hall–Kier alpha value is -1.13. The molecule has 0 radical (unpaired) electrons. The summed E-state index contributed by atoms with van der Waals surface area (Å²) in [6.07, 6.45) is 1.04. The lowest BCUT2D eigenvalue weighted by Crippen LogP contribution is -2.09. The van der Waals surface area contributed by atoms with Crippen molar-refractivity contribution in [1.29, 1.82) is 0 Å². The second-order valence-corrected chi connectivity index (χ2v) is 2.54. The Labute approximate surface area is 86.0 Å². The van der Waals surface area contributed by atoms with Gasteiger partial charge in [-0.2, -0.15) is 0 Å². The van der Waals surface area contributed by atoms with Crippen molar-refractivity contribution >= 4 is 12.4 Å². The number of nitrogens with one attached hydrogen (secondary N) is 1. The minimum Gasteiger partial charge on any atom is -0.346 e. The van der Waals surface area contributed by atoms with E-state index >= 15 is 0 Å². The van der Waals surface area contributed by atoms with Crippen molar-refractivity contribution in [2.45, 2.75) is 13.3 Å². The highest BCUT2D eigenvalue weighted by Gasteiger charge is 1.87. The molecular weight excluding hydrogens is 182 g/mol. The van der Waals surface area contributed by atoms with Crippen molar-refractivity contribution in [3.8, 4) is 12.0 Å². The van der Waals surface area contributed by atoms with Gasteiger partial charge in [0.2, 0.25) is 0 Å². The van der Waals surface area contributed by atoms with Crippen molar-refractivity contribution < 1.29 is 0 Å². The van der Waals surface area contributed by atoms with E-state index in [0.29, 0.717) is 0 Å². The third-order valence-corrected chi connectivity index (χ3v) is 1.59. The fourth-order valence-electron chi connectivity index (χ4n) is 1.00. The predicted molar refractivity (Wildman–Crippen MR) is 58.8 cm³/mol. The molecule has 1 nitrogen and oxygen atoms in total. The summed E-state index contributed by atoms with van der Waals surface area (Å²) < 4.78 is 0. The van der Waals surface area contributed by atoms with Gasteiger partial charge in [-0.3, -0.25) is 0 Å². The van der Waals surface area contributed by atoms with Gasteiger partial charge >= 0.3 is 0 Å². The first-order chi connectivity index (χ1) is 5.93. The summed E-state index contributed by atoms with van der Waals surface area (Å²) >= 11 is 0. The highest BCUT2D eigenvalue weighted by atomic mass is 35.5. The molecule has 0 aliphatic carbocycles. The zero-order chi connectivity index (χ0) is 8.65. The third kappa shape index (κ3) is 5.16. The van der Waals surface area contributed by atoms with E-state index in [0.717, 1.165) is 13.0 Å². The van der Waals surface area contributed by atoms with Crippen LogP contribution in [0.3, 0.4) is 0 Å². The van der Waals surface area contributed by atoms with Gasteiger partial charge in [-0.05, 0) is 18.9 Å². The fraction of sp³-hybridized carbons (Fsp3) is 0.273. The van der Waals surface area contributed by atoms with E-state index in [4.69, 9.17) is 0 Å². The van der Waals surface area contributed by atoms with Gasteiger partial charge in [-0.25, -0.2) is 0 Å². The summed E-state index contributed by atoms with van der Waals surface area (Å²) in [5, 5.41) is 3.02. The third-order valence-electron chi connectivity index (χ3n) is 1.59. The lowest BCUT2D eigenvalue weighted by atomic mass is 10.2. The van der Waals surface area contributed by atoms with Gasteiger partial charge in [0.25, 0.3) is 0 Å². The van der Waals surface area contributed by atoms with E-state index in [9.17, 15) is 0 Å². The molecular formula is C11H14ClN. The van der Waals surface area contributed by atoms with Crippen molar-refractivity contribution in [3.63, 3.8) is 0 Å². The van der Waals surface area contributed by atoms with E-state index in [1.807, 2.05) is 13.0 Å². The number of benzene rings is 1. The van der Waals surface area contributed by atoms with Crippen molar-refractivity contribution in [3.05, 3.63) is 35.9 Å². The maximum atomic E-state index is 3.02. The quantitative estimate of drug-likeness (QED) is 0.443. The summed E-state index contributed by atoms with van der Waals surface area (Å²) in [4.78, 5) is 0. The zero-order valence-corrected chi connectivity index (χ0v) is 8.53. The minimum absolute atomic E-state index is 0. The normalized spacial score (nSPS) is 7.77. The molecule has 1 N–H and O–H groups in total. The molecule has 1 aromatic carbocycles. The molecule has 0 aliphatic rings. The Morgan fingerprint density at radius 3 is 2.54 bits per heavy atom. The molecule has 0 spiro atoms. The summed E-state index contributed by atoms with van der Waals surface area (Å²) in [6, 6.07) is 13.2. The van der Waals surface area contributed by atoms with Gasteiger partial charge < -0.3 is 5.32 Å². The topological polar surface area (TPSA) is 12.0 Å². The molecule has 0 saturated carbocycles. The largest absolute Gasteiger partial charge is 0.346 e. The standard InChI is InChI=1S/C11H13N.ClH/c1-2-9-12-10-8-11-6-4-3-5-7-11;/h3-7,12H,8,10H2,1H3;1H. The first-order valence-electron chi connectivity index (χ1n) is 4.12. The summed E-state index contributed by atoms with van der Waals surface area (Å²) in [6.45, 7) is 2.75. The Balaban J connectivity index is 0.00000144. The first-order valence-corrected chi connectivity index (χ1v) is 4.12. The van der Waals surface area contributed by atoms with Crippen LogP contribution >= 0.6 is 12.4 Å². The molecule has 0 fully saturated rings. The molecule has 1 rings (SSSR count). The highest BCUT2D eigenvalue weighted by Crippen LogP contribution is 1.97. The van der Waals surface area contributed by atoms with Gasteiger partial charge in [0.15, 0.2) is 0 Å². The van der Waals surface area contributed by atoms with Crippen LogP contribution in [-0.4, -0.2) is 6.54 Å². The minimum atomic E-state index is 0. The van der Waals surface area contributed by atoms with Crippen molar-refractivity contribution in [2.75, 3.05) is 6.54 Å². The maximum absolute atomic E-state index is 3.02. The Kier molecular flexibility index (Phi) is 6.86. The van der Waals surface area contributed by atoms with Crippen LogP contribution in [0.25, 0.3) is 0 Å². The molecule has 13 heavy (non-hydrogen) atoms. The molecule has 0 unspecified atom stereocenters. The molecule has 0 aliphatic heterocycles. The van der Waals surface area contributed by atoms with Crippen LogP contribution < -0.4 is 5.32 Å².